The maximum Gasteiger partial charge on any atom is 0.227 e. The predicted octanol–water partition coefficient (Wildman–Crippen LogP) is 6.96. The number of carbonyl (C=O) groups is 4. The molecule has 0 bridgehead atoms. The zero-order valence-corrected chi connectivity index (χ0v) is 34.7. The number of fused-ring (bicyclic) bond motifs is 3. The lowest BCUT2D eigenvalue weighted by molar-refractivity contribution is -0.143. The zero-order valence-electron chi connectivity index (χ0n) is 34.7. The fourth-order valence-corrected chi connectivity index (χ4v) is 8.98. The van der Waals surface area contributed by atoms with Gasteiger partial charge in [0.2, 0.25) is 23.6 Å². The third-order valence-corrected chi connectivity index (χ3v) is 12.4. The molecular weight excluding hydrogens is 717 g/mol. The van der Waals surface area contributed by atoms with E-state index < -0.39 is 11.8 Å². The molecule has 4 aromatic rings. The number of aromatic nitrogens is 4. The first-order valence-corrected chi connectivity index (χ1v) is 20.5. The normalized spacial score (nSPS) is 18.9. The molecule has 12 heteroatoms. The Labute approximate surface area is 336 Å². The molecule has 57 heavy (non-hydrogen) atoms. The van der Waals surface area contributed by atoms with Gasteiger partial charge in [0.15, 0.2) is 0 Å². The summed E-state index contributed by atoms with van der Waals surface area (Å²) >= 11 is 0. The number of carbonyl (C=O) groups excluding carboxylic acids is 4. The number of aromatic amines is 2. The minimum Gasteiger partial charge on any atom is -0.359 e. The van der Waals surface area contributed by atoms with E-state index in [2.05, 4.69) is 57.0 Å². The smallest absolute Gasteiger partial charge is 0.227 e. The highest BCUT2D eigenvalue weighted by Crippen LogP contribution is 2.42. The van der Waals surface area contributed by atoms with Gasteiger partial charge in [0.25, 0.3) is 0 Å². The van der Waals surface area contributed by atoms with Crippen molar-refractivity contribution in [2.24, 2.45) is 22.7 Å². The predicted molar refractivity (Wildman–Crippen MR) is 220 cm³/mol. The maximum atomic E-state index is 13.9. The summed E-state index contributed by atoms with van der Waals surface area (Å²) in [4.78, 5) is 73.1. The first-order chi connectivity index (χ1) is 27.1. The molecule has 2 fully saturated rings. The Morgan fingerprint density at radius 1 is 0.684 bits per heavy atom. The average molecular weight is 775 g/mol. The van der Waals surface area contributed by atoms with Crippen LogP contribution < -0.4 is 10.6 Å². The third-order valence-electron chi connectivity index (χ3n) is 12.4. The van der Waals surface area contributed by atoms with Crippen LogP contribution in [0.25, 0.3) is 33.6 Å². The van der Waals surface area contributed by atoms with Gasteiger partial charge in [-0.2, -0.15) is 0 Å². The molecule has 2 aromatic carbocycles. The van der Waals surface area contributed by atoms with Gasteiger partial charge >= 0.3 is 0 Å². The van der Waals surface area contributed by atoms with Gasteiger partial charge in [0.05, 0.1) is 47.7 Å². The van der Waals surface area contributed by atoms with E-state index in [1.165, 1.54) is 22.3 Å². The summed E-state index contributed by atoms with van der Waals surface area (Å²) in [5, 5.41) is 5.37. The first-order valence-electron chi connectivity index (χ1n) is 20.5. The number of hydrogen-bond donors (Lipinski definition) is 4. The SMILES string of the molecule is CNC(=O)C[C@H](C(=O)N1CCC[C@H]1c1ncc(-c2ccc3c(c2)Cc2cc(-c4cnc([C@@H]5CCCN5C(=O)[C@@H](CC(=O)NC)C(C)(C)C)[nH]4)ccc2-3)[nH]1)C(C)(C)C. The van der Waals surface area contributed by atoms with E-state index >= 15 is 0 Å². The van der Waals surface area contributed by atoms with Crippen molar-refractivity contribution in [1.82, 2.24) is 40.4 Å². The average Bonchev–Trinajstić information content (AvgIpc) is 4.02. The lowest BCUT2D eigenvalue weighted by atomic mass is 9.77. The summed E-state index contributed by atoms with van der Waals surface area (Å²) in [7, 11) is 3.22. The van der Waals surface area contributed by atoms with E-state index in [1.54, 1.807) is 14.1 Å². The number of nitrogens with zero attached hydrogens (tertiary/aromatic N) is 4. The monoisotopic (exact) mass is 774 g/mol. The maximum absolute atomic E-state index is 13.9. The van der Waals surface area contributed by atoms with Crippen molar-refractivity contribution < 1.29 is 19.2 Å². The Kier molecular flexibility index (Phi) is 10.9. The highest BCUT2D eigenvalue weighted by Gasteiger charge is 2.42. The minimum absolute atomic E-state index is 0.00641. The first kappa shape index (κ1) is 40.0. The topological polar surface area (TPSA) is 156 Å². The Balaban J connectivity index is 1.05. The molecule has 0 unspecified atom stereocenters. The van der Waals surface area contributed by atoms with Gasteiger partial charge in [-0.05, 0) is 88.4 Å². The highest BCUT2D eigenvalue weighted by atomic mass is 16.2. The van der Waals surface area contributed by atoms with E-state index in [1.807, 2.05) is 63.7 Å². The van der Waals surface area contributed by atoms with Crippen molar-refractivity contribution in [2.75, 3.05) is 27.2 Å². The van der Waals surface area contributed by atoms with Crippen molar-refractivity contribution >= 4 is 23.6 Å². The summed E-state index contributed by atoms with van der Waals surface area (Å²) in [5.41, 5.74) is 8.10. The zero-order chi connectivity index (χ0) is 40.8. The molecule has 4 atom stereocenters. The third kappa shape index (κ3) is 8.00. The molecule has 4 N–H and O–H groups in total. The number of likely N-dealkylation sites (tertiary alicyclic amines) is 2. The molecular formula is C45H58N8O4. The van der Waals surface area contributed by atoms with Gasteiger partial charge in [-0.1, -0.05) is 65.8 Å². The van der Waals surface area contributed by atoms with Crippen LogP contribution in [0.5, 0.6) is 0 Å². The second-order valence-electron chi connectivity index (χ2n) is 18.3. The Morgan fingerprint density at radius 2 is 1.09 bits per heavy atom. The number of hydrogen-bond acceptors (Lipinski definition) is 6. The molecule has 7 rings (SSSR count). The van der Waals surface area contributed by atoms with Crippen LogP contribution >= 0.6 is 0 Å². The molecule has 302 valence electrons. The van der Waals surface area contributed by atoms with Crippen LogP contribution in [0.4, 0.5) is 0 Å². The lowest BCUT2D eigenvalue weighted by Gasteiger charge is -2.34. The summed E-state index contributed by atoms with van der Waals surface area (Å²) in [6.07, 6.45) is 8.27. The highest BCUT2D eigenvalue weighted by molar-refractivity contribution is 5.88. The van der Waals surface area contributed by atoms with Gasteiger partial charge in [0.1, 0.15) is 11.6 Å². The van der Waals surface area contributed by atoms with Crippen molar-refractivity contribution in [3.8, 4) is 33.6 Å². The van der Waals surface area contributed by atoms with E-state index in [0.717, 1.165) is 66.3 Å². The number of benzene rings is 2. The van der Waals surface area contributed by atoms with Gasteiger partial charge in [0, 0.05) is 40.0 Å². The van der Waals surface area contributed by atoms with Gasteiger partial charge in [-0.15, -0.1) is 0 Å². The fourth-order valence-electron chi connectivity index (χ4n) is 8.98. The number of H-pyrrole nitrogens is 2. The second-order valence-corrected chi connectivity index (χ2v) is 18.3. The van der Waals surface area contributed by atoms with E-state index in [0.29, 0.717) is 13.1 Å². The molecule has 3 aliphatic rings. The standard InChI is InChI=1S/C45H58N8O4/c1-44(2,3)32(22-38(54)46-7)42(56)52-17-9-11-36(52)40-48-24-34(50-40)26-13-15-30-28(19-26)21-29-20-27(14-16-31(29)30)35-25-49-41(51-35)37-12-10-18-53(37)43(57)33(45(4,5)6)23-39(55)47-8/h13-16,19-20,24-25,32-33,36-37H,9-12,17-18,21-23H2,1-8H3,(H,46,54)(H,47,55)(H,48,50)(H,49,51)/t32-,33-,36+,37+/m1/s1. The van der Waals surface area contributed by atoms with Crippen LogP contribution in [0.15, 0.2) is 48.8 Å². The van der Waals surface area contributed by atoms with Crippen LogP contribution in [0.3, 0.4) is 0 Å². The summed E-state index contributed by atoms with van der Waals surface area (Å²) in [6.45, 7) is 13.4. The van der Waals surface area contributed by atoms with Gasteiger partial charge in [-0.25, -0.2) is 9.97 Å². The summed E-state index contributed by atoms with van der Waals surface area (Å²) < 4.78 is 0. The van der Waals surface area contributed by atoms with Crippen LogP contribution in [0.1, 0.15) is 115 Å². The van der Waals surface area contributed by atoms with Crippen LogP contribution in [-0.4, -0.2) is 80.5 Å². The molecule has 0 radical (unpaired) electrons. The van der Waals surface area contributed by atoms with Gasteiger partial charge in [-0.3, -0.25) is 19.2 Å². The summed E-state index contributed by atoms with van der Waals surface area (Å²) in [5.74, 6) is 0.456. The van der Waals surface area contributed by atoms with Crippen LogP contribution in [-0.2, 0) is 25.6 Å². The van der Waals surface area contributed by atoms with Gasteiger partial charge < -0.3 is 30.4 Å². The Hall–Kier alpha value is -5.26. The van der Waals surface area contributed by atoms with E-state index in [-0.39, 0.29) is 59.4 Å². The summed E-state index contributed by atoms with van der Waals surface area (Å²) in [6, 6.07) is 12.8. The van der Waals surface area contributed by atoms with Crippen LogP contribution in [0.2, 0.25) is 0 Å². The van der Waals surface area contributed by atoms with Crippen LogP contribution in [0, 0.1) is 22.7 Å². The molecule has 4 heterocycles. The van der Waals surface area contributed by atoms with E-state index in [4.69, 9.17) is 9.97 Å². The minimum atomic E-state index is -0.427. The number of amides is 4. The quantitative estimate of drug-likeness (QED) is 0.120. The molecule has 2 aromatic heterocycles. The molecule has 2 saturated heterocycles. The van der Waals surface area contributed by atoms with Crippen molar-refractivity contribution in [1.29, 1.82) is 0 Å². The number of nitrogens with one attached hydrogen (secondary N) is 4. The number of imidazole rings is 2. The molecule has 4 amide bonds. The molecule has 2 aliphatic heterocycles. The fraction of sp³-hybridized carbons (Fsp3) is 0.511. The largest absolute Gasteiger partial charge is 0.359 e. The van der Waals surface area contributed by atoms with Crippen molar-refractivity contribution in [3.05, 3.63) is 71.6 Å². The Bertz CT molecular complexity index is 2020. The van der Waals surface area contributed by atoms with E-state index in [9.17, 15) is 19.2 Å². The van der Waals surface area contributed by atoms with Crippen molar-refractivity contribution in [2.45, 2.75) is 98.6 Å². The Morgan fingerprint density at radius 3 is 1.46 bits per heavy atom. The molecule has 12 nitrogen and oxygen atoms in total. The number of rotatable bonds is 10. The molecule has 0 spiro atoms. The molecule has 0 saturated carbocycles. The van der Waals surface area contributed by atoms with Crippen molar-refractivity contribution in [3.63, 3.8) is 0 Å². The second kappa shape index (κ2) is 15.6. The lowest BCUT2D eigenvalue weighted by Crippen LogP contribution is -2.43. The molecule has 1 aliphatic carbocycles.